The summed E-state index contributed by atoms with van der Waals surface area (Å²) >= 11 is 0. The van der Waals surface area contributed by atoms with Crippen LogP contribution in [0.15, 0.2) is 45.6 Å². The minimum atomic E-state index is -0.667. The van der Waals surface area contributed by atoms with Crippen LogP contribution in [-0.4, -0.2) is 35.3 Å². The van der Waals surface area contributed by atoms with Crippen LogP contribution in [0.2, 0.25) is 0 Å². The summed E-state index contributed by atoms with van der Waals surface area (Å²) in [6.07, 6.45) is 3.42. The molecule has 0 saturated carbocycles. The number of likely N-dealkylation sites (tertiary alicyclic amines) is 1. The molecule has 0 atom stereocenters. The van der Waals surface area contributed by atoms with Crippen molar-refractivity contribution >= 4 is 23.4 Å². The van der Waals surface area contributed by atoms with Gasteiger partial charge in [0.05, 0.1) is 18.1 Å². The number of halogens is 1. The number of hydrogen-bond donors (Lipinski definition) is 2. The van der Waals surface area contributed by atoms with Crippen LogP contribution in [0.5, 0.6) is 17.2 Å². The minimum Gasteiger partial charge on any atom is -0.507 e. The van der Waals surface area contributed by atoms with Crippen molar-refractivity contribution in [3.8, 4) is 28.4 Å². The number of methoxy groups -OCH3 is 1. The van der Waals surface area contributed by atoms with E-state index in [0.717, 1.165) is 25.9 Å². The molecule has 0 bridgehead atoms. The smallest absolute Gasteiger partial charge is 0.348 e. The van der Waals surface area contributed by atoms with Gasteiger partial charge in [0.25, 0.3) is 0 Å². The molecule has 0 aliphatic carbocycles. The summed E-state index contributed by atoms with van der Waals surface area (Å²) in [4.78, 5) is 15.0. The van der Waals surface area contributed by atoms with Crippen molar-refractivity contribution in [1.29, 1.82) is 0 Å². The Bertz CT molecular complexity index is 1070. The SMILES string of the molecule is COc1ccccc1-c1c(O)c2ccc(O)c(CN3CCCCC3)c2oc1=O.Cl. The molecule has 3 aromatic rings. The monoisotopic (exact) mass is 417 g/mol. The van der Waals surface area contributed by atoms with Crippen LogP contribution < -0.4 is 10.4 Å². The van der Waals surface area contributed by atoms with Crippen molar-refractivity contribution in [1.82, 2.24) is 4.90 Å². The van der Waals surface area contributed by atoms with Crippen LogP contribution >= 0.6 is 12.4 Å². The molecule has 1 aliphatic heterocycles. The zero-order valence-corrected chi connectivity index (χ0v) is 17.0. The predicted octanol–water partition coefficient (Wildman–Crippen LogP) is 4.29. The van der Waals surface area contributed by atoms with Crippen LogP contribution in [0, 0.1) is 0 Å². The zero-order chi connectivity index (χ0) is 19.7. The zero-order valence-electron chi connectivity index (χ0n) is 16.2. The van der Waals surface area contributed by atoms with Crippen LogP contribution in [-0.2, 0) is 6.54 Å². The number of rotatable bonds is 4. The molecule has 29 heavy (non-hydrogen) atoms. The number of aromatic hydroxyl groups is 2. The third-order valence-electron chi connectivity index (χ3n) is 5.33. The van der Waals surface area contributed by atoms with E-state index in [0.29, 0.717) is 28.8 Å². The van der Waals surface area contributed by atoms with E-state index in [2.05, 4.69) is 4.90 Å². The average molecular weight is 418 g/mol. The van der Waals surface area contributed by atoms with Crippen LogP contribution in [0.4, 0.5) is 0 Å². The van der Waals surface area contributed by atoms with Gasteiger partial charge in [-0.2, -0.15) is 0 Å². The van der Waals surface area contributed by atoms with E-state index in [-0.39, 0.29) is 35.1 Å². The molecule has 2 aromatic carbocycles. The number of fused-ring (bicyclic) bond motifs is 1. The van der Waals surface area contributed by atoms with Crippen LogP contribution in [0.25, 0.3) is 22.1 Å². The van der Waals surface area contributed by atoms with Gasteiger partial charge < -0.3 is 19.4 Å². The van der Waals surface area contributed by atoms with Gasteiger partial charge in [0.2, 0.25) is 0 Å². The van der Waals surface area contributed by atoms with Crippen molar-refractivity contribution in [2.24, 2.45) is 0 Å². The highest BCUT2D eigenvalue weighted by atomic mass is 35.5. The topological polar surface area (TPSA) is 83.1 Å². The molecular formula is C22H24ClNO5. The third kappa shape index (κ3) is 3.91. The van der Waals surface area contributed by atoms with E-state index in [1.165, 1.54) is 19.6 Å². The summed E-state index contributed by atoms with van der Waals surface area (Å²) < 4.78 is 11.0. The van der Waals surface area contributed by atoms with Crippen LogP contribution in [0.3, 0.4) is 0 Å². The molecule has 2 N–H and O–H groups in total. The summed E-state index contributed by atoms with van der Waals surface area (Å²) in [6.45, 7) is 2.34. The van der Waals surface area contributed by atoms with Gasteiger partial charge in [-0.25, -0.2) is 4.79 Å². The van der Waals surface area contributed by atoms with Gasteiger partial charge >= 0.3 is 5.63 Å². The fraction of sp³-hybridized carbons (Fsp3) is 0.318. The number of phenolic OH excluding ortho intramolecular Hbond substituents is 1. The van der Waals surface area contributed by atoms with Gasteiger partial charge in [0.1, 0.15) is 28.4 Å². The minimum absolute atomic E-state index is 0. The number of para-hydroxylation sites is 1. The first kappa shape index (κ1) is 21.0. The molecule has 1 aromatic heterocycles. The largest absolute Gasteiger partial charge is 0.507 e. The summed E-state index contributed by atoms with van der Waals surface area (Å²) in [7, 11) is 1.51. The lowest BCUT2D eigenvalue weighted by Crippen LogP contribution is -2.29. The molecule has 7 heteroatoms. The Labute approximate surface area is 174 Å². The highest BCUT2D eigenvalue weighted by Crippen LogP contribution is 2.40. The van der Waals surface area contributed by atoms with Crippen molar-refractivity contribution in [3.63, 3.8) is 0 Å². The molecule has 0 unspecified atom stereocenters. The Morgan fingerprint density at radius 2 is 1.79 bits per heavy atom. The standard InChI is InChI=1S/C22H23NO5.ClH/c1-27-18-8-4-3-7-14(18)19-20(25)15-9-10-17(24)16(21(15)28-22(19)26)13-23-11-5-2-6-12-23;/h3-4,7-10,24-25H,2,5-6,11-13H2,1H3;1H. The lowest BCUT2D eigenvalue weighted by atomic mass is 10.0. The molecular weight excluding hydrogens is 394 g/mol. The molecule has 1 fully saturated rings. The van der Waals surface area contributed by atoms with E-state index < -0.39 is 5.63 Å². The first-order valence-electron chi connectivity index (χ1n) is 9.46. The predicted molar refractivity (Wildman–Crippen MR) is 114 cm³/mol. The maximum atomic E-state index is 12.8. The normalized spacial score (nSPS) is 14.5. The summed E-state index contributed by atoms with van der Waals surface area (Å²) in [6, 6.07) is 10.1. The second-order valence-corrected chi connectivity index (χ2v) is 7.09. The van der Waals surface area contributed by atoms with Crippen LogP contribution in [0.1, 0.15) is 24.8 Å². The van der Waals surface area contributed by atoms with E-state index in [1.807, 2.05) is 0 Å². The molecule has 4 rings (SSSR count). The van der Waals surface area contributed by atoms with Gasteiger partial charge in [0, 0.05) is 12.1 Å². The highest BCUT2D eigenvalue weighted by Gasteiger charge is 2.23. The van der Waals surface area contributed by atoms with E-state index in [9.17, 15) is 15.0 Å². The molecule has 0 radical (unpaired) electrons. The Morgan fingerprint density at radius 3 is 2.52 bits per heavy atom. The fourth-order valence-corrected chi connectivity index (χ4v) is 3.88. The number of benzene rings is 2. The van der Waals surface area contributed by atoms with Crippen molar-refractivity contribution < 1.29 is 19.4 Å². The van der Waals surface area contributed by atoms with Gasteiger partial charge in [-0.3, -0.25) is 4.90 Å². The Morgan fingerprint density at radius 1 is 1.07 bits per heavy atom. The molecule has 0 amide bonds. The summed E-state index contributed by atoms with van der Waals surface area (Å²) in [5.74, 6) is 0.359. The third-order valence-corrected chi connectivity index (χ3v) is 5.33. The first-order valence-corrected chi connectivity index (χ1v) is 9.46. The summed E-state index contributed by atoms with van der Waals surface area (Å²) in [5, 5.41) is 21.7. The second kappa shape index (κ2) is 8.76. The number of piperidine rings is 1. The van der Waals surface area contributed by atoms with E-state index in [1.54, 1.807) is 30.3 Å². The van der Waals surface area contributed by atoms with Gasteiger partial charge in [-0.1, -0.05) is 24.6 Å². The Hall–Kier alpha value is -2.70. The fourth-order valence-electron chi connectivity index (χ4n) is 3.88. The number of nitrogens with zero attached hydrogens (tertiary/aromatic N) is 1. The molecule has 1 aliphatic rings. The number of hydrogen-bond acceptors (Lipinski definition) is 6. The first-order chi connectivity index (χ1) is 13.6. The lowest BCUT2D eigenvalue weighted by Gasteiger charge is -2.26. The number of ether oxygens (including phenoxy) is 1. The number of phenols is 1. The van der Waals surface area contributed by atoms with Crippen molar-refractivity contribution in [2.45, 2.75) is 25.8 Å². The average Bonchev–Trinajstić information content (AvgIpc) is 2.71. The molecule has 154 valence electrons. The van der Waals surface area contributed by atoms with Gasteiger partial charge in [0.15, 0.2) is 0 Å². The molecule has 1 saturated heterocycles. The maximum absolute atomic E-state index is 12.8. The summed E-state index contributed by atoms with van der Waals surface area (Å²) in [5.41, 5.74) is 0.605. The van der Waals surface area contributed by atoms with Gasteiger partial charge in [-0.05, 0) is 44.1 Å². The highest BCUT2D eigenvalue weighted by molar-refractivity contribution is 5.93. The van der Waals surface area contributed by atoms with Gasteiger partial charge in [-0.15, -0.1) is 12.4 Å². The maximum Gasteiger partial charge on any atom is 0.348 e. The van der Waals surface area contributed by atoms with E-state index in [4.69, 9.17) is 9.15 Å². The Balaban J connectivity index is 0.00000240. The molecule has 0 spiro atoms. The quantitative estimate of drug-likeness (QED) is 0.616. The Kier molecular flexibility index (Phi) is 6.35. The van der Waals surface area contributed by atoms with E-state index >= 15 is 0 Å². The van der Waals surface area contributed by atoms with Crippen molar-refractivity contribution in [3.05, 3.63) is 52.4 Å². The molecule has 6 nitrogen and oxygen atoms in total. The molecule has 2 heterocycles. The lowest BCUT2D eigenvalue weighted by molar-refractivity contribution is 0.218. The second-order valence-electron chi connectivity index (χ2n) is 7.09. The van der Waals surface area contributed by atoms with Crippen molar-refractivity contribution in [2.75, 3.05) is 20.2 Å².